The average molecular weight is 476 g/mol. The normalized spacial score (nSPS) is 22.8. The molecule has 1 atom stereocenters. The fourth-order valence-electron chi connectivity index (χ4n) is 3.62. The Balaban J connectivity index is 0.00000243. The molecule has 2 heterocycles. The summed E-state index contributed by atoms with van der Waals surface area (Å²) in [4.78, 5) is 18.2. The van der Waals surface area contributed by atoms with Crippen LogP contribution in [0.2, 0.25) is 0 Å². The number of carbonyl (C=O) groups is 1. The van der Waals surface area contributed by atoms with Gasteiger partial charge in [-0.05, 0) is 37.1 Å². The van der Waals surface area contributed by atoms with Crippen LogP contribution in [0.25, 0.3) is 0 Å². The summed E-state index contributed by atoms with van der Waals surface area (Å²) in [5.41, 5.74) is 0.0393. The van der Waals surface area contributed by atoms with Crippen molar-refractivity contribution in [2.24, 2.45) is 10.4 Å². The number of hydrogen-bond acceptors (Lipinski definition) is 3. The van der Waals surface area contributed by atoms with Crippen molar-refractivity contribution in [1.29, 1.82) is 0 Å². The maximum absolute atomic E-state index is 12.9. The number of guanidine groups is 1. The minimum Gasteiger partial charge on any atom is -0.492 e. The molecule has 0 aliphatic carbocycles. The van der Waals surface area contributed by atoms with Gasteiger partial charge in [-0.2, -0.15) is 0 Å². The summed E-state index contributed by atoms with van der Waals surface area (Å²) in [6, 6.07) is 5.99. The molecular formula is C18H26FIN4O2. The van der Waals surface area contributed by atoms with Gasteiger partial charge >= 0.3 is 0 Å². The summed E-state index contributed by atoms with van der Waals surface area (Å²) in [5.74, 6) is 1.36. The molecule has 0 radical (unpaired) electrons. The molecular weight excluding hydrogens is 450 g/mol. The van der Waals surface area contributed by atoms with E-state index in [1.54, 1.807) is 19.2 Å². The summed E-state index contributed by atoms with van der Waals surface area (Å²) in [6.45, 7) is 3.60. The van der Waals surface area contributed by atoms with Crippen LogP contribution in [0.1, 0.15) is 19.3 Å². The van der Waals surface area contributed by atoms with Crippen LogP contribution in [0.3, 0.4) is 0 Å². The molecule has 0 bridgehead atoms. The number of aliphatic imine (C=N–C) groups is 1. The van der Waals surface area contributed by atoms with Gasteiger partial charge in [-0.3, -0.25) is 9.79 Å². The molecule has 1 spiro atoms. The number of likely N-dealkylation sites (tertiary alicyclic amines) is 1. The lowest BCUT2D eigenvalue weighted by Crippen LogP contribution is -2.51. The summed E-state index contributed by atoms with van der Waals surface area (Å²) in [7, 11) is 1.77. The van der Waals surface area contributed by atoms with Crippen molar-refractivity contribution < 1.29 is 13.9 Å². The first kappa shape index (κ1) is 20.7. The first-order valence-corrected chi connectivity index (χ1v) is 8.71. The molecule has 6 nitrogen and oxygen atoms in total. The number of amides is 1. The van der Waals surface area contributed by atoms with Crippen molar-refractivity contribution in [2.75, 3.05) is 39.8 Å². The monoisotopic (exact) mass is 476 g/mol. The third-order valence-corrected chi connectivity index (χ3v) is 4.84. The van der Waals surface area contributed by atoms with Gasteiger partial charge in [0.05, 0.1) is 6.54 Å². The number of rotatable bonds is 4. The van der Waals surface area contributed by atoms with E-state index in [2.05, 4.69) is 20.5 Å². The minimum absolute atomic E-state index is 0. The Bertz CT molecular complexity index is 641. The number of nitrogens with zero attached hydrogens (tertiary/aromatic N) is 2. The summed E-state index contributed by atoms with van der Waals surface area (Å²) < 4.78 is 18.5. The van der Waals surface area contributed by atoms with Gasteiger partial charge in [0.2, 0.25) is 5.91 Å². The molecule has 0 aromatic heterocycles. The number of halogens is 2. The third-order valence-electron chi connectivity index (χ3n) is 4.84. The topological polar surface area (TPSA) is 66.0 Å². The molecule has 0 saturated carbocycles. The zero-order chi connectivity index (χ0) is 17.7. The van der Waals surface area contributed by atoms with Crippen LogP contribution in [0.15, 0.2) is 29.3 Å². The van der Waals surface area contributed by atoms with Crippen molar-refractivity contribution in [2.45, 2.75) is 19.3 Å². The molecule has 2 aliphatic rings. The van der Waals surface area contributed by atoms with Gasteiger partial charge in [0.25, 0.3) is 0 Å². The van der Waals surface area contributed by atoms with E-state index in [1.807, 2.05) is 0 Å². The van der Waals surface area contributed by atoms with Gasteiger partial charge in [-0.15, -0.1) is 24.0 Å². The molecule has 2 N–H and O–H groups in total. The van der Waals surface area contributed by atoms with Gasteiger partial charge in [0.1, 0.15) is 18.2 Å². The lowest BCUT2D eigenvalue weighted by atomic mass is 9.79. The number of benzene rings is 1. The lowest BCUT2D eigenvalue weighted by molar-refractivity contribution is -0.119. The molecule has 26 heavy (non-hydrogen) atoms. The van der Waals surface area contributed by atoms with Crippen molar-refractivity contribution in [1.82, 2.24) is 15.5 Å². The van der Waals surface area contributed by atoms with Crippen LogP contribution in [0, 0.1) is 11.2 Å². The highest BCUT2D eigenvalue weighted by molar-refractivity contribution is 14.0. The molecule has 2 aliphatic heterocycles. The highest BCUT2D eigenvalue weighted by Gasteiger charge is 2.42. The Morgan fingerprint density at radius 3 is 2.85 bits per heavy atom. The first-order valence-electron chi connectivity index (χ1n) is 8.71. The number of piperidine rings is 1. The predicted octanol–water partition coefficient (Wildman–Crippen LogP) is 2.00. The molecule has 1 unspecified atom stereocenters. The van der Waals surface area contributed by atoms with E-state index in [-0.39, 0.29) is 41.1 Å². The smallest absolute Gasteiger partial charge is 0.220 e. The Kier molecular flexibility index (Phi) is 7.48. The predicted molar refractivity (Wildman–Crippen MR) is 110 cm³/mol. The van der Waals surface area contributed by atoms with Gasteiger partial charge in [-0.1, -0.05) is 0 Å². The number of nitrogens with one attached hydrogen (secondary N) is 2. The first-order chi connectivity index (χ1) is 12.1. The van der Waals surface area contributed by atoms with Crippen molar-refractivity contribution in [3.8, 4) is 5.75 Å². The van der Waals surface area contributed by atoms with Crippen LogP contribution in [-0.4, -0.2) is 56.6 Å². The molecule has 144 valence electrons. The fraction of sp³-hybridized carbons (Fsp3) is 0.556. The van der Waals surface area contributed by atoms with Gasteiger partial charge in [0, 0.05) is 38.5 Å². The standard InChI is InChI=1S/C18H25FN4O2.HI/c1-20-17(21-8-10-25-15-5-3-14(19)4-6-15)23-9-2-7-18(13-23)11-16(24)22-12-18;/h3-6H,2,7-13H2,1H3,(H,20,21)(H,22,24);1H. The zero-order valence-electron chi connectivity index (χ0n) is 15.0. The van der Waals surface area contributed by atoms with Crippen molar-refractivity contribution in [3.05, 3.63) is 30.1 Å². The molecule has 2 fully saturated rings. The van der Waals surface area contributed by atoms with Crippen LogP contribution in [0.4, 0.5) is 4.39 Å². The summed E-state index contributed by atoms with van der Waals surface area (Å²) >= 11 is 0. The van der Waals surface area contributed by atoms with E-state index in [9.17, 15) is 9.18 Å². The highest BCUT2D eigenvalue weighted by atomic mass is 127. The molecule has 8 heteroatoms. The van der Waals surface area contributed by atoms with E-state index in [0.29, 0.717) is 25.3 Å². The number of hydrogen-bond donors (Lipinski definition) is 2. The number of ether oxygens (including phenoxy) is 1. The van der Waals surface area contributed by atoms with E-state index < -0.39 is 0 Å². The Hall–Kier alpha value is -1.58. The Morgan fingerprint density at radius 2 is 2.19 bits per heavy atom. The SMILES string of the molecule is CN=C(NCCOc1ccc(F)cc1)N1CCCC2(CNC(=O)C2)C1.I. The lowest BCUT2D eigenvalue weighted by Gasteiger charge is -2.40. The average Bonchev–Trinajstić information content (AvgIpc) is 2.96. The molecule has 1 aromatic carbocycles. The second-order valence-electron chi connectivity index (χ2n) is 6.75. The van der Waals surface area contributed by atoms with Crippen molar-refractivity contribution >= 4 is 35.8 Å². The van der Waals surface area contributed by atoms with E-state index in [1.165, 1.54) is 12.1 Å². The molecule has 2 saturated heterocycles. The Labute approximate surface area is 170 Å². The van der Waals surface area contributed by atoms with E-state index >= 15 is 0 Å². The van der Waals surface area contributed by atoms with Gasteiger partial charge in [-0.25, -0.2) is 4.39 Å². The zero-order valence-corrected chi connectivity index (χ0v) is 17.3. The second kappa shape index (κ2) is 9.38. The molecule has 1 aromatic rings. The summed E-state index contributed by atoms with van der Waals surface area (Å²) in [6.07, 6.45) is 2.74. The minimum atomic E-state index is -0.273. The summed E-state index contributed by atoms with van der Waals surface area (Å²) in [5, 5.41) is 6.27. The maximum Gasteiger partial charge on any atom is 0.220 e. The van der Waals surface area contributed by atoms with Crippen molar-refractivity contribution in [3.63, 3.8) is 0 Å². The van der Waals surface area contributed by atoms with Crippen LogP contribution in [0.5, 0.6) is 5.75 Å². The van der Waals surface area contributed by atoms with Gasteiger partial charge < -0.3 is 20.3 Å². The molecule has 3 rings (SSSR count). The maximum atomic E-state index is 12.9. The quantitative estimate of drug-likeness (QED) is 0.302. The fourth-order valence-corrected chi connectivity index (χ4v) is 3.62. The third kappa shape index (κ3) is 5.21. The molecule has 1 amide bonds. The van der Waals surface area contributed by atoms with Crippen LogP contribution in [-0.2, 0) is 4.79 Å². The van der Waals surface area contributed by atoms with E-state index in [0.717, 1.165) is 38.4 Å². The highest BCUT2D eigenvalue weighted by Crippen LogP contribution is 2.35. The van der Waals surface area contributed by atoms with E-state index in [4.69, 9.17) is 4.74 Å². The van der Waals surface area contributed by atoms with Gasteiger partial charge in [0.15, 0.2) is 5.96 Å². The Morgan fingerprint density at radius 1 is 1.42 bits per heavy atom. The second-order valence-corrected chi connectivity index (χ2v) is 6.75. The van der Waals surface area contributed by atoms with Crippen LogP contribution >= 0.6 is 24.0 Å². The number of carbonyl (C=O) groups excluding carboxylic acids is 1. The largest absolute Gasteiger partial charge is 0.492 e. The van der Waals surface area contributed by atoms with Crippen LogP contribution < -0.4 is 15.4 Å².